The van der Waals surface area contributed by atoms with E-state index in [4.69, 9.17) is 9.47 Å². The number of carbonyl (C=O) groups is 1. The van der Waals surface area contributed by atoms with E-state index in [9.17, 15) is 14.9 Å². The van der Waals surface area contributed by atoms with Gasteiger partial charge in [0.25, 0.3) is 0 Å². The summed E-state index contributed by atoms with van der Waals surface area (Å²) in [5.74, 6) is -0.485. The zero-order chi connectivity index (χ0) is 18.7. The van der Waals surface area contributed by atoms with Crippen molar-refractivity contribution >= 4 is 5.97 Å². The van der Waals surface area contributed by atoms with Crippen LogP contribution in [0.3, 0.4) is 0 Å². The fraction of sp³-hybridized carbons (Fsp3) is 0.316. The van der Waals surface area contributed by atoms with Crippen LogP contribution in [0.15, 0.2) is 54.6 Å². The van der Waals surface area contributed by atoms with Gasteiger partial charge in [-0.3, -0.25) is 20.2 Å². The normalized spacial score (nSPS) is 24.8. The van der Waals surface area contributed by atoms with Crippen LogP contribution >= 0.6 is 0 Å². The second-order valence-corrected chi connectivity index (χ2v) is 6.13. The molecule has 3 rings (SSSR count). The number of nitro groups is 1. The van der Waals surface area contributed by atoms with Crippen LogP contribution in [-0.4, -0.2) is 37.2 Å². The smallest absolute Gasteiger partial charge is 0.323 e. The van der Waals surface area contributed by atoms with E-state index in [0.717, 1.165) is 11.1 Å². The maximum atomic E-state index is 12.3. The summed E-state index contributed by atoms with van der Waals surface area (Å²) in [6, 6.07) is 13.7. The summed E-state index contributed by atoms with van der Waals surface area (Å²) in [6.45, 7) is 0. The van der Waals surface area contributed by atoms with Crippen molar-refractivity contribution in [2.75, 3.05) is 14.2 Å². The Morgan fingerprint density at radius 1 is 1.04 bits per heavy atom. The van der Waals surface area contributed by atoms with Gasteiger partial charge in [-0.1, -0.05) is 42.5 Å². The number of methoxy groups -OCH3 is 2. The Labute approximate surface area is 151 Å². The predicted octanol–water partition coefficient (Wildman–Crippen LogP) is 2.31. The fourth-order valence-corrected chi connectivity index (χ4v) is 3.56. The molecule has 1 heterocycles. The summed E-state index contributed by atoms with van der Waals surface area (Å²) >= 11 is 0. The predicted molar refractivity (Wildman–Crippen MR) is 94.6 cm³/mol. The van der Waals surface area contributed by atoms with Gasteiger partial charge in [-0.25, -0.2) is 0 Å². The van der Waals surface area contributed by atoms with Crippen LogP contribution in [0.5, 0.6) is 5.75 Å². The van der Waals surface area contributed by atoms with E-state index in [1.54, 1.807) is 55.6 Å². The summed E-state index contributed by atoms with van der Waals surface area (Å²) in [4.78, 5) is 23.9. The van der Waals surface area contributed by atoms with Gasteiger partial charge in [-0.2, -0.15) is 0 Å². The molecule has 0 bridgehead atoms. The first-order valence-electron chi connectivity index (χ1n) is 8.23. The zero-order valence-electron chi connectivity index (χ0n) is 14.5. The zero-order valence-corrected chi connectivity index (χ0v) is 14.5. The van der Waals surface area contributed by atoms with Gasteiger partial charge in [0.2, 0.25) is 6.04 Å². The minimum absolute atomic E-state index is 0.317. The standard InChI is InChI=1S/C19H20N2O5/c1-25-14-10-8-13(9-11-14)16-18(21(23)24)15(12-6-4-3-5-7-12)17(20-16)19(22)26-2/h3-11,15-18,20H,1-2H3/t15-,16-,17-,18+/m0/s1. The monoisotopic (exact) mass is 356 g/mol. The van der Waals surface area contributed by atoms with E-state index < -0.39 is 30.0 Å². The number of esters is 1. The highest BCUT2D eigenvalue weighted by atomic mass is 16.6. The van der Waals surface area contributed by atoms with Crippen molar-refractivity contribution in [3.05, 3.63) is 75.8 Å². The highest BCUT2D eigenvalue weighted by molar-refractivity contribution is 5.78. The molecule has 7 heteroatoms. The van der Waals surface area contributed by atoms with Gasteiger partial charge in [-0.05, 0) is 23.3 Å². The lowest BCUT2D eigenvalue weighted by atomic mass is 9.85. The van der Waals surface area contributed by atoms with Crippen LogP contribution in [0.2, 0.25) is 0 Å². The van der Waals surface area contributed by atoms with Gasteiger partial charge in [0.05, 0.1) is 20.1 Å². The minimum Gasteiger partial charge on any atom is -0.497 e. The van der Waals surface area contributed by atoms with E-state index in [2.05, 4.69) is 5.32 Å². The van der Waals surface area contributed by atoms with Gasteiger partial charge in [0.1, 0.15) is 17.8 Å². The van der Waals surface area contributed by atoms with Crippen molar-refractivity contribution in [3.63, 3.8) is 0 Å². The van der Waals surface area contributed by atoms with Crippen molar-refractivity contribution in [2.45, 2.75) is 24.0 Å². The lowest BCUT2D eigenvalue weighted by Crippen LogP contribution is -2.37. The van der Waals surface area contributed by atoms with Crippen LogP contribution in [0.1, 0.15) is 23.1 Å². The number of rotatable bonds is 5. The van der Waals surface area contributed by atoms with Crippen molar-refractivity contribution in [1.29, 1.82) is 0 Å². The molecule has 2 aromatic rings. The van der Waals surface area contributed by atoms with Gasteiger partial charge in [0.15, 0.2) is 0 Å². The average Bonchev–Trinajstić information content (AvgIpc) is 3.09. The lowest BCUT2D eigenvalue weighted by Gasteiger charge is -2.19. The molecule has 26 heavy (non-hydrogen) atoms. The highest BCUT2D eigenvalue weighted by Crippen LogP contribution is 2.40. The third kappa shape index (κ3) is 3.25. The van der Waals surface area contributed by atoms with Crippen molar-refractivity contribution < 1.29 is 19.2 Å². The topological polar surface area (TPSA) is 90.7 Å². The van der Waals surface area contributed by atoms with Gasteiger partial charge >= 0.3 is 5.97 Å². The van der Waals surface area contributed by atoms with Gasteiger partial charge < -0.3 is 9.47 Å². The quantitative estimate of drug-likeness (QED) is 0.502. The second-order valence-electron chi connectivity index (χ2n) is 6.13. The Bertz CT molecular complexity index is 778. The first-order valence-corrected chi connectivity index (χ1v) is 8.23. The van der Waals surface area contributed by atoms with Crippen molar-refractivity contribution in [1.82, 2.24) is 5.32 Å². The number of benzene rings is 2. The first kappa shape index (κ1) is 17.9. The Balaban J connectivity index is 2.04. The number of nitrogens with zero attached hydrogens (tertiary/aromatic N) is 1. The van der Waals surface area contributed by atoms with E-state index in [0.29, 0.717) is 5.75 Å². The molecule has 0 radical (unpaired) electrons. The molecule has 0 amide bonds. The molecule has 1 aliphatic heterocycles. The number of ether oxygens (including phenoxy) is 2. The molecule has 136 valence electrons. The molecular formula is C19H20N2O5. The molecule has 0 unspecified atom stereocenters. The van der Waals surface area contributed by atoms with E-state index in [1.165, 1.54) is 7.11 Å². The molecule has 0 aromatic heterocycles. The molecular weight excluding hydrogens is 336 g/mol. The third-order valence-electron chi connectivity index (χ3n) is 4.79. The largest absolute Gasteiger partial charge is 0.497 e. The average molecular weight is 356 g/mol. The molecule has 2 aromatic carbocycles. The van der Waals surface area contributed by atoms with Crippen LogP contribution < -0.4 is 10.1 Å². The van der Waals surface area contributed by atoms with E-state index in [-0.39, 0.29) is 4.92 Å². The fourth-order valence-electron chi connectivity index (χ4n) is 3.56. The molecule has 4 atom stereocenters. The van der Waals surface area contributed by atoms with Crippen molar-refractivity contribution in [2.24, 2.45) is 0 Å². The molecule has 1 aliphatic rings. The van der Waals surface area contributed by atoms with Crippen LogP contribution in [0.25, 0.3) is 0 Å². The number of carbonyl (C=O) groups excluding carboxylic acids is 1. The molecule has 1 fully saturated rings. The van der Waals surface area contributed by atoms with Gasteiger partial charge in [0, 0.05) is 4.92 Å². The Morgan fingerprint density at radius 3 is 2.23 bits per heavy atom. The molecule has 0 spiro atoms. The second kappa shape index (κ2) is 7.53. The minimum atomic E-state index is -1.00. The Morgan fingerprint density at radius 2 is 1.69 bits per heavy atom. The van der Waals surface area contributed by atoms with E-state index >= 15 is 0 Å². The number of hydrogen-bond donors (Lipinski definition) is 1. The number of hydrogen-bond acceptors (Lipinski definition) is 6. The summed E-state index contributed by atoms with van der Waals surface area (Å²) in [5, 5.41) is 15.1. The molecule has 0 saturated carbocycles. The maximum Gasteiger partial charge on any atom is 0.323 e. The van der Waals surface area contributed by atoms with Crippen LogP contribution in [-0.2, 0) is 9.53 Å². The molecule has 7 nitrogen and oxygen atoms in total. The molecule has 0 aliphatic carbocycles. The summed E-state index contributed by atoms with van der Waals surface area (Å²) < 4.78 is 10.0. The SMILES string of the molecule is COC(=O)[C@H]1N[C@@H](c2ccc(OC)cc2)[C@H]([N+](=O)[O-])[C@H]1c1ccccc1. The summed E-state index contributed by atoms with van der Waals surface area (Å²) in [5.41, 5.74) is 1.45. The Hall–Kier alpha value is -2.93. The lowest BCUT2D eigenvalue weighted by molar-refractivity contribution is -0.527. The van der Waals surface area contributed by atoms with Gasteiger partial charge in [-0.15, -0.1) is 0 Å². The van der Waals surface area contributed by atoms with Crippen molar-refractivity contribution in [3.8, 4) is 5.75 Å². The number of nitrogens with one attached hydrogen (secondary N) is 1. The highest BCUT2D eigenvalue weighted by Gasteiger charge is 2.54. The third-order valence-corrected chi connectivity index (χ3v) is 4.79. The first-order chi connectivity index (χ1) is 12.6. The summed E-state index contributed by atoms with van der Waals surface area (Å²) in [7, 11) is 2.84. The van der Waals surface area contributed by atoms with E-state index in [1.807, 2.05) is 6.07 Å². The molecule has 1 N–H and O–H groups in total. The maximum absolute atomic E-state index is 12.3. The summed E-state index contributed by atoms with van der Waals surface area (Å²) in [6.07, 6.45) is 0. The van der Waals surface area contributed by atoms with Crippen LogP contribution in [0.4, 0.5) is 0 Å². The molecule has 1 saturated heterocycles. The Kier molecular flexibility index (Phi) is 5.18. The van der Waals surface area contributed by atoms with Crippen LogP contribution in [0, 0.1) is 10.1 Å².